The summed E-state index contributed by atoms with van der Waals surface area (Å²) in [5.41, 5.74) is 6.52. The molecule has 0 saturated carbocycles. The molecule has 4 rings (SSSR count). The molecule has 172 valence electrons. The number of methoxy groups -OCH3 is 1. The number of hydrogen-bond donors (Lipinski definition) is 2. The van der Waals surface area contributed by atoms with Crippen molar-refractivity contribution in [3.8, 4) is 17.4 Å². The Morgan fingerprint density at radius 3 is 2.47 bits per heavy atom. The molecular formula is C24H20ClN5O4. The average molecular weight is 478 g/mol. The number of halogens is 1. The summed E-state index contributed by atoms with van der Waals surface area (Å²) in [5, 5.41) is 3.79. The number of hydrogen-bond acceptors (Lipinski definition) is 7. The smallest absolute Gasteiger partial charge is 0.316 e. The Labute approximate surface area is 199 Å². The maximum absolute atomic E-state index is 12.3. The summed E-state index contributed by atoms with van der Waals surface area (Å²) in [7, 11) is 1.42. The molecule has 0 radical (unpaired) electrons. The number of benzene rings is 2. The topological polar surface area (TPSA) is 121 Å². The second-order valence-electron chi connectivity index (χ2n) is 7.17. The molecule has 4 aromatic rings. The zero-order chi connectivity index (χ0) is 24.1. The van der Waals surface area contributed by atoms with Gasteiger partial charge in [0.2, 0.25) is 17.6 Å². The highest BCUT2D eigenvalue weighted by Gasteiger charge is 2.11. The fraction of sp³-hybridized carbons (Fsp3) is 0.0833. The Bertz CT molecular complexity index is 1370. The number of amides is 1. The maximum Gasteiger partial charge on any atom is 0.316 e. The summed E-state index contributed by atoms with van der Waals surface area (Å²) in [6.07, 6.45) is 1.60. The second-order valence-corrected chi connectivity index (χ2v) is 7.61. The first-order valence-corrected chi connectivity index (χ1v) is 10.5. The number of carbonyl (C=O) groups is 1. The van der Waals surface area contributed by atoms with Gasteiger partial charge in [0.25, 0.3) is 5.91 Å². The van der Waals surface area contributed by atoms with E-state index < -0.39 is 11.5 Å². The quantitative estimate of drug-likeness (QED) is 0.393. The van der Waals surface area contributed by atoms with Crippen molar-refractivity contribution >= 4 is 29.1 Å². The van der Waals surface area contributed by atoms with E-state index in [0.29, 0.717) is 29.0 Å². The van der Waals surface area contributed by atoms with E-state index >= 15 is 0 Å². The third-order valence-corrected chi connectivity index (χ3v) is 5.01. The van der Waals surface area contributed by atoms with E-state index in [1.54, 1.807) is 59.3 Å². The van der Waals surface area contributed by atoms with Crippen LogP contribution in [-0.2, 0) is 6.54 Å². The first-order valence-electron chi connectivity index (χ1n) is 10.1. The third kappa shape index (κ3) is 5.51. The zero-order valence-corrected chi connectivity index (χ0v) is 18.8. The molecule has 2 aromatic carbocycles. The first kappa shape index (κ1) is 22.8. The molecule has 1 amide bonds. The molecule has 3 N–H and O–H groups in total. The van der Waals surface area contributed by atoms with Crippen LogP contribution in [0.3, 0.4) is 0 Å². The number of primary amides is 1. The van der Waals surface area contributed by atoms with Crippen LogP contribution < -0.4 is 26.1 Å². The molecule has 0 aliphatic carbocycles. The lowest BCUT2D eigenvalue weighted by Crippen LogP contribution is -2.18. The highest BCUT2D eigenvalue weighted by molar-refractivity contribution is 6.30. The molecule has 0 unspecified atom stereocenters. The van der Waals surface area contributed by atoms with Gasteiger partial charge in [0.15, 0.2) is 0 Å². The van der Waals surface area contributed by atoms with Crippen molar-refractivity contribution in [2.45, 2.75) is 6.54 Å². The largest absolute Gasteiger partial charge is 0.490 e. The molecule has 0 aliphatic heterocycles. The van der Waals surface area contributed by atoms with Gasteiger partial charge < -0.3 is 25.1 Å². The van der Waals surface area contributed by atoms with Crippen LogP contribution in [0, 0.1) is 0 Å². The predicted octanol–water partition coefficient (Wildman–Crippen LogP) is 3.98. The summed E-state index contributed by atoms with van der Waals surface area (Å²) in [4.78, 5) is 31.8. The van der Waals surface area contributed by atoms with Crippen LogP contribution in [0.1, 0.15) is 16.1 Å². The Morgan fingerprint density at radius 1 is 1.06 bits per heavy atom. The van der Waals surface area contributed by atoms with Crippen LogP contribution in [0.15, 0.2) is 77.7 Å². The number of anilines is 2. The number of nitrogens with zero attached hydrogens (tertiary/aromatic N) is 3. The first-order chi connectivity index (χ1) is 16.4. The summed E-state index contributed by atoms with van der Waals surface area (Å²) < 4.78 is 12.6. The predicted molar refractivity (Wildman–Crippen MR) is 128 cm³/mol. The summed E-state index contributed by atoms with van der Waals surface area (Å²) in [6.45, 7) is 0.437. The molecule has 9 nitrogen and oxygen atoms in total. The zero-order valence-electron chi connectivity index (χ0n) is 18.1. The molecule has 2 aromatic heterocycles. The van der Waals surface area contributed by atoms with Crippen LogP contribution in [0.2, 0.25) is 5.02 Å². The number of aromatic nitrogens is 3. The lowest BCUT2D eigenvalue weighted by atomic mass is 10.2. The van der Waals surface area contributed by atoms with Gasteiger partial charge in [-0.25, -0.2) is 4.98 Å². The van der Waals surface area contributed by atoms with E-state index in [9.17, 15) is 9.59 Å². The van der Waals surface area contributed by atoms with Crippen molar-refractivity contribution < 1.29 is 14.3 Å². The third-order valence-electron chi connectivity index (χ3n) is 4.76. The van der Waals surface area contributed by atoms with E-state index in [1.807, 2.05) is 12.1 Å². The van der Waals surface area contributed by atoms with E-state index in [4.69, 9.17) is 26.8 Å². The van der Waals surface area contributed by atoms with Gasteiger partial charge >= 0.3 is 5.56 Å². The van der Waals surface area contributed by atoms with Crippen molar-refractivity contribution in [2.75, 3.05) is 12.4 Å². The maximum atomic E-state index is 12.3. The Kier molecular flexibility index (Phi) is 6.74. The number of ether oxygens (including phenoxy) is 2. The highest BCUT2D eigenvalue weighted by Crippen LogP contribution is 2.24. The average Bonchev–Trinajstić information content (AvgIpc) is 2.83. The standard InChI is InChI=1S/C24H20ClN5O4/c1-33-20-14-30(13-15-5-7-16(25)8-6-15)24(29-23(20)32)27-17-9-11-18(12-10-17)34-21-4-2-3-19(28-21)22(26)31/h2-12,14H,13H2,1H3,(H2,26,31)(H,27,29,32). The van der Waals surface area contributed by atoms with Gasteiger partial charge in [-0.3, -0.25) is 9.59 Å². The van der Waals surface area contributed by atoms with Crippen molar-refractivity contribution in [3.63, 3.8) is 0 Å². The van der Waals surface area contributed by atoms with E-state index in [0.717, 1.165) is 5.56 Å². The number of nitrogens with one attached hydrogen (secondary N) is 1. The monoisotopic (exact) mass is 477 g/mol. The van der Waals surface area contributed by atoms with Gasteiger partial charge in [-0.1, -0.05) is 29.8 Å². The van der Waals surface area contributed by atoms with Crippen LogP contribution in [-0.4, -0.2) is 27.6 Å². The molecule has 0 bridgehead atoms. The Morgan fingerprint density at radius 2 is 1.79 bits per heavy atom. The van der Waals surface area contributed by atoms with Crippen molar-refractivity contribution in [3.05, 3.63) is 99.6 Å². The van der Waals surface area contributed by atoms with Crippen molar-refractivity contribution in [2.24, 2.45) is 5.73 Å². The van der Waals surface area contributed by atoms with Crippen LogP contribution in [0.5, 0.6) is 17.4 Å². The summed E-state index contributed by atoms with van der Waals surface area (Å²) >= 11 is 5.98. The molecule has 0 spiro atoms. The minimum absolute atomic E-state index is 0.111. The van der Waals surface area contributed by atoms with E-state index in [-0.39, 0.29) is 17.3 Å². The van der Waals surface area contributed by atoms with Crippen molar-refractivity contribution in [1.29, 1.82) is 0 Å². The number of nitrogens with two attached hydrogens (primary N) is 1. The molecular weight excluding hydrogens is 458 g/mol. The Balaban J connectivity index is 1.55. The van der Waals surface area contributed by atoms with Gasteiger partial charge in [-0.05, 0) is 48.0 Å². The second kappa shape index (κ2) is 10.1. The van der Waals surface area contributed by atoms with Gasteiger partial charge in [0.05, 0.1) is 19.9 Å². The fourth-order valence-corrected chi connectivity index (χ4v) is 3.21. The molecule has 34 heavy (non-hydrogen) atoms. The van der Waals surface area contributed by atoms with Gasteiger partial charge in [0, 0.05) is 16.8 Å². The van der Waals surface area contributed by atoms with Gasteiger partial charge in [-0.2, -0.15) is 4.98 Å². The SMILES string of the molecule is COc1cn(Cc2ccc(Cl)cc2)c(Nc2ccc(Oc3cccc(C(N)=O)n3)cc2)nc1=O. The molecule has 0 fully saturated rings. The number of carbonyl (C=O) groups excluding carboxylic acids is 1. The van der Waals surface area contributed by atoms with Crippen LogP contribution >= 0.6 is 11.6 Å². The molecule has 0 atom stereocenters. The van der Waals surface area contributed by atoms with E-state index in [2.05, 4.69) is 15.3 Å². The number of pyridine rings is 1. The molecule has 2 heterocycles. The minimum atomic E-state index is -0.637. The van der Waals surface area contributed by atoms with E-state index in [1.165, 1.54) is 13.2 Å². The fourth-order valence-electron chi connectivity index (χ4n) is 3.09. The molecule has 10 heteroatoms. The molecule has 0 saturated heterocycles. The van der Waals surface area contributed by atoms with Crippen molar-refractivity contribution in [1.82, 2.24) is 14.5 Å². The van der Waals surface area contributed by atoms with Gasteiger partial charge in [-0.15, -0.1) is 0 Å². The minimum Gasteiger partial charge on any atom is -0.490 e. The Hall–Kier alpha value is -4.37. The van der Waals surface area contributed by atoms with Crippen LogP contribution in [0.25, 0.3) is 0 Å². The lowest BCUT2D eigenvalue weighted by molar-refractivity contribution is 0.0995. The normalized spacial score (nSPS) is 10.5. The lowest BCUT2D eigenvalue weighted by Gasteiger charge is -2.15. The number of rotatable bonds is 8. The summed E-state index contributed by atoms with van der Waals surface area (Å²) in [5.74, 6) is 0.576. The molecule has 0 aliphatic rings. The highest BCUT2D eigenvalue weighted by atomic mass is 35.5. The van der Waals surface area contributed by atoms with Gasteiger partial charge in [0.1, 0.15) is 11.4 Å². The summed E-state index contributed by atoms with van der Waals surface area (Å²) in [6, 6.07) is 19.1. The van der Waals surface area contributed by atoms with Crippen LogP contribution in [0.4, 0.5) is 11.6 Å².